The number of hydrogen-bond donors (Lipinski definition) is 1. The first-order chi connectivity index (χ1) is 9.85. The Morgan fingerprint density at radius 2 is 1.95 bits per heavy atom. The first kappa shape index (κ1) is 14.9. The van der Waals surface area contributed by atoms with Crippen LogP contribution in [0.4, 0.5) is 18.9 Å². The Labute approximate surface area is 115 Å². The lowest BCUT2D eigenvalue weighted by Crippen LogP contribution is -2.28. The lowest BCUT2D eigenvalue weighted by molar-refractivity contribution is -0.384. The summed E-state index contributed by atoms with van der Waals surface area (Å²) in [7, 11) is 0. The highest BCUT2D eigenvalue weighted by Gasteiger charge is 2.26. The molecular formula is C11H9F3N4O3. The second kappa shape index (κ2) is 5.87. The van der Waals surface area contributed by atoms with Crippen LogP contribution in [0.5, 0.6) is 0 Å². The summed E-state index contributed by atoms with van der Waals surface area (Å²) in [6.45, 7) is -1.39. The third kappa shape index (κ3) is 4.24. The normalized spacial score (nSPS) is 11.6. The van der Waals surface area contributed by atoms with Gasteiger partial charge in [-0.3, -0.25) is 10.1 Å². The van der Waals surface area contributed by atoms with Gasteiger partial charge in [0.15, 0.2) is 0 Å². The van der Waals surface area contributed by atoms with Gasteiger partial charge in [-0.25, -0.2) is 0 Å². The van der Waals surface area contributed by atoms with Gasteiger partial charge in [-0.1, -0.05) is 5.16 Å². The van der Waals surface area contributed by atoms with E-state index in [0.717, 1.165) is 0 Å². The molecule has 0 saturated carbocycles. The molecule has 21 heavy (non-hydrogen) atoms. The number of hydrogen-bond acceptors (Lipinski definition) is 6. The lowest BCUT2D eigenvalue weighted by atomic mass is 10.2. The quantitative estimate of drug-likeness (QED) is 0.672. The number of benzene rings is 1. The van der Waals surface area contributed by atoms with Crippen LogP contribution in [0, 0.1) is 10.1 Å². The van der Waals surface area contributed by atoms with Gasteiger partial charge in [-0.2, -0.15) is 18.2 Å². The molecule has 1 aromatic carbocycles. The Hall–Kier alpha value is -2.49. The average Bonchev–Trinajstić information content (AvgIpc) is 2.86. The molecule has 2 aromatic rings. The zero-order valence-corrected chi connectivity index (χ0v) is 10.4. The van der Waals surface area contributed by atoms with Crippen LogP contribution in [0.1, 0.15) is 5.89 Å². The summed E-state index contributed by atoms with van der Waals surface area (Å²) in [4.78, 5) is 13.9. The molecule has 0 spiro atoms. The van der Waals surface area contributed by atoms with E-state index in [2.05, 4.69) is 15.5 Å². The van der Waals surface area contributed by atoms with Gasteiger partial charge in [0.1, 0.15) is 0 Å². The van der Waals surface area contributed by atoms with Crippen molar-refractivity contribution in [3.63, 3.8) is 0 Å². The molecule has 2 rings (SSSR count). The number of rotatable bonds is 5. The van der Waals surface area contributed by atoms with Crippen LogP contribution in [0.3, 0.4) is 0 Å². The van der Waals surface area contributed by atoms with Crippen LogP contribution in [0.15, 0.2) is 28.8 Å². The first-order valence-electron chi connectivity index (χ1n) is 5.70. The Balaban J connectivity index is 2.00. The van der Waals surface area contributed by atoms with Crippen LogP contribution >= 0.6 is 0 Å². The lowest BCUT2D eigenvalue weighted by Gasteiger charge is -2.05. The van der Waals surface area contributed by atoms with Crippen molar-refractivity contribution in [2.75, 3.05) is 6.54 Å². The Kier molecular flexibility index (Phi) is 4.17. The van der Waals surface area contributed by atoms with E-state index in [9.17, 15) is 23.3 Å². The number of nitrogens with one attached hydrogen (secondary N) is 1. The molecule has 0 amide bonds. The van der Waals surface area contributed by atoms with Crippen LogP contribution in [-0.4, -0.2) is 27.8 Å². The van der Waals surface area contributed by atoms with Gasteiger partial charge < -0.3 is 9.84 Å². The molecule has 7 nitrogen and oxygen atoms in total. The van der Waals surface area contributed by atoms with Crippen molar-refractivity contribution in [1.29, 1.82) is 0 Å². The van der Waals surface area contributed by atoms with E-state index in [0.29, 0.717) is 5.56 Å². The summed E-state index contributed by atoms with van der Waals surface area (Å²) < 4.78 is 40.6. The molecule has 112 valence electrons. The van der Waals surface area contributed by atoms with Gasteiger partial charge in [-0.05, 0) is 12.1 Å². The highest BCUT2D eigenvalue weighted by Crippen LogP contribution is 2.20. The van der Waals surface area contributed by atoms with Gasteiger partial charge in [0.05, 0.1) is 18.0 Å². The van der Waals surface area contributed by atoms with Gasteiger partial charge >= 0.3 is 6.18 Å². The van der Waals surface area contributed by atoms with Gasteiger partial charge in [0.25, 0.3) is 5.69 Å². The monoisotopic (exact) mass is 302 g/mol. The second-order valence-electron chi connectivity index (χ2n) is 4.03. The minimum absolute atomic E-state index is 0.00685. The van der Waals surface area contributed by atoms with E-state index < -0.39 is 17.6 Å². The van der Waals surface area contributed by atoms with E-state index in [1.54, 1.807) is 0 Å². The minimum atomic E-state index is -4.32. The maximum Gasteiger partial charge on any atom is 0.401 e. The molecule has 0 aliphatic rings. The molecule has 0 radical (unpaired) electrons. The van der Waals surface area contributed by atoms with E-state index in [4.69, 9.17) is 4.52 Å². The summed E-state index contributed by atoms with van der Waals surface area (Å²) in [5.74, 6) is 0.140. The van der Waals surface area contributed by atoms with Crippen LogP contribution in [0.2, 0.25) is 0 Å². The topological polar surface area (TPSA) is 94.1 Å². The zero-order chi connectivity index (χ0) is 15.5. The molecule has 0 saturated heterocycles. The largest absolute Gasteiger partial charge is 0.401 e. The second-order valence-corrected chi connectivity index (χ2v) is 4.03. The van der Waals surface area contributed by atoms with E-state index in [-0.39, 0.29) is 23.9 Å². The summed E-state index contributed by atoms with van der Waals surface area (Å²) >= 11 is 0. The summed E-state index contributed by atoms with van der Waals surface area (Å²) in [6, 6.07) is 5.40. The summed E-state index contributed by atoms with van der Waals surface area (Å²) in [5, 5.41) is 16.2. The third-order valence-corrected chi connectivity index (χ3v) is 2.41. The number of halogens is 3. The van der Waals surface area contributed by atoms with Crippen molar-refractivity contribution in [3.8, 4) is 11.4 Å². The summed E-state index contributed by atoms with van der Waals surface area (Å²) in [5.41, 5.74) is 0.376. The average molecular weight is 302 g/mol. The SMILES string of the molecule is O=[N+]([O-])c1ccc(-c2noc(CNCC(F)(F)F)n2)cc1. The van der Waals surface area contributed by atoms with Crippen molar-refractivity contribution >= 4 is 5.69 Å². The number of nitro groups is 1. The molecule has 0 aliphatic carbocycles. The smallest absolute Gasteiger partial charge is 0.338 e. The highest BCUT2D eigenvalue weighted by atomic mass is 19.4. The molecule has 0 fully saturated rings. The first-order valence-corrected chi connectivity index (χ1v) is 5.70. The predicted molar refractivity (Wildman–Crippen MR) is 64.2 cm³/mol. The molecule has 0 aliphatic heterocycles. The molecular weight excluding hydrogens is 293 g/mol. The fraction of sp³-hybridized carbons (Fsp3) is 0.273. The Morgan fingerprint density at radius 1 is 1.29 bits per heavy atom. The van der Waals surface area contributed by atoms with Crippen molar-refractivity contribution in [3.05, 3.63) is 40.3 Å². The maximum atomic E-state index is 11.9. The maximum absolute atomic E-state index is 11.9. The molecule has 1 aromatic heterocycles. The zero-order valence-electron chi connectivity index (χ0n) is 10.4. The summed E-state index contributed by atoms with van der Waals surface area (Å²) in [6.07, 6.45) is -4.32. The van der Waals surface area contributed by atoms with Crippen molar-refractivity contribution < 1.29 is 22.6 Å². The van der Waals surface area contributed by atoms with E-state index in [1.165, 1.54) is 24.3 Å². The number of alkyl halides is 3. The van der Waals surface area contributed by atoms with Crippen molar-refractivity contribution in [2.24, 2.45) is 0 Å². The molecule has 1 N–H and O–H groups in total. The molecule has 10 heteroatoms. The molecule has 0 atom stereocenters. The Morgan fingerprint density at radius 3 is 2.52 bits per heavy atom. The minimum Gasteiger partial charge on any atom is -0.338 e. The fourth-order valence-corrected chi connectivity index (χ4v) is 1.49. The third-order valence-electron chi connectivity index (χ3n) is 2.41. The number of non-ortho nitro benzene ring substituents is 1. The van der Waals surface area contributed by atoms with Crippen molar-refractivity contribution in [1.82, 2.24) is 15.5 Å². The van der Waals surface area contributed by atoms with Gasteiger partial charge in [0.2, 0.25) is 11.7 Å². The van der Waals surface area contributed by atoms with Gasteiger partial charge in [-0.15, -0.1) is 0 Å². The van der Waals surface area contributed by atoms with Gasteiger partial charge in [0, 0.05) is 17.7 Å². The van der Waals surface area contributed by atoms with Crippen LogP contribution in [0.25, 0.3) is 11.4 Å². The highest BCUT2D eigenvalue weighted by molar-refractivity contribution is 5.56. The predicted octanol–water partition coefficient (Wildman–Crippen LogP) is 2.30. The van der Waals surface area contributed by atoms with Crippen LogP contribution < -0.4 is 5.32 Å². The fourth-order valence-electron chi connectivity index (χ4n) is 1.49. The van der Waals surface area contributed by atoms with E-state index >= 15 is 0 Å². The van der Waals surface area contributed by atoms with Crippen LogP contribution in [-0.2, 0) is 6.54 Å². The number of nitro benzene ring substituents is 1. The van der Waals surface area contributed by atoms with E-state index in [1.807, 2.05) is 0 Å². The molecule has 0 bridgehead atoms. The standard InChI is InChI=1S/C11H9F3N4O3/c12-11(13,14)6-15-5-9-16-10(17-21-9)7-1-3-8(4-2-7)18(19)20/h1-4,15H,5-6H2. The molecule has 0 unspecified atom stereocenters. The number of aromatic nitrogens is 2. The van der Waals surface area contributed by atoms with Crippen molar-refractivity contribution in [2.45, 2.75) is 12.7 Å². The molecule has 1 heterocycles. The Bertz CT molecular complexity index is 624. The number of nitrogens with zero attached hydrogens (tertiary/aromatic N) is 3.